The molecule has 0 spiro atoms. The Morgan fingerprint density at radius 3 is 2.53 bits per heavy atom. The van der Waals surface area contributed by atoms with Gasteiger partial charge in [0, 0.05) is 48.6 Å². The van der Waals surface area contributed by atoms with Crippen molar-refractivity contribution in [2.45, 2.75) is 5.03 Å². The van der Waals surface area contributed by atoms with Crippen LogP contribution in [-0.2, 0) is 4.79 Å². The molecule has 0 radical (unpaired) electrons. The summed E-state index contributed by atoms with van der Waals surface area (Å²) in [6.45, 7) is 3.53. The highest BCUT2D eigenvalue weighted by Crippen LogP contribution is 2.24. The van der Waals surface area contributed by atoms with Crippen LogP contribution in [0.25, 0.3) is 0 Å². The molecule has 3 aromatic rings. The summed E-state index contributed by atoms with van der Waals surface area (Å²) in [5.41, 5.74) is 1.87. The number of benzene rings is 2. The minimum absolute atomic E-state index is 0.106. The molecule has 0 atom stereocenters. The number of ether oxygens (including phenoxy) is 1. The van der Waals surface area contributed by atoms with E-state index in [9.17, 15) is 4.79 Å². The Bertz CT molecular complexity index is 1060. The van der Waals surface area contributed by atoms with Gasteiger partial charge in [-0.3, -0.25) is 4.79 Å². The number of anilines is 3. The molecule has 7 nitrogen and oxygen atoms in total. The highest BCUT2D eigenvalue weighted by atomic mass is 35.5. The fourth-order valence-corrected chi connectivity index (χ4v) is 4.32. The largest absolute Gasteiger partial charge is 0.497 e. The normalized spacial score (nSPS) is 13.7. The second-order valence-electron chi connectivity index (χ2n) is 7.23. The number of nitrogens with one attached hydrogen (secondary N) is 1. The van der Waals surface area contributed by atoms with Crippen molar-refractivity contribution in [2.75, 3.05) is 54.2 Å². The van der Waals surface area contributed by atoms with Crippen LogP contribution in [0.1, 0.15) is 0 Å². The first-order valence-corrected chi connectivity index (χ1v) is 11.6. The first-order valence-electron chi connectivity index (χ1n) is 10.2. The summed E-state index contributed by atoms with van der Waals surface area (Å²) in [5, 5.41) is 4.21. The first kappa shape index (κ1) is 22.2. The van der Waals surface area contributed by atoms with Gasteiger partial charge in [0.05, 0.1) is 12.9 Å². The summed E-state index contributed by atoms with van der Waals surface area (Å²) in [6.07, 6.45) is 1.56. The van der Waals surface area contributed by atoms with Crippen LogP contribution < -0.4 is 19.9 Å². The molecule has 32 heavy (non-hydrogen) atoms. The maximum absolute atomic E-state index is 12.3. The molecule has 1 aliphatic heterocycles. The Morgan fingerprint density at radius 2 is 1.81 bits per heavy atom. The number of carbonyl (C=O) groups is 1. The lowest BCUT2D eigenvalue weighted by Gasteiger charge is -2.36. The molecule has 166 valence electrons. The third-order valence-electron chi connectivity index (χ3n) is 5.13. The van der Waals surface area contributed by atoms with E-state index >= 15 is 0 Å². The minimum Gasteiger partial charge on any atom is -0.497 e. The minimum atomic E-state index is -0.106. The fraction of sp³-hybridized carbons (Fsp3) is 0.261. The molecule has 0 saturated carbocycles. The van der Waals surface area contributed by atoms with E-state index in [0.717, 1.165) is 42.8 Å². The van der Waals surface area contributed by atoms with Gasteiger partial charge in [-0.05, 0) is 42.5 Å². The number of carbonyl (C=O) groups excluding carboxylic acids is 1. The van der Waals surface area contributed by atoms with Crippen LogP contribution in [0.5, 0.6) is 5.75 Å². The monoisotopic (exact) mass is 469 g/mol. The quantitative estimate of drug-likeness (QED) is 0.410. The second-order valence-corrected chi connectivity index (χ2v) is 8.67. The maximum Gasteiger partial charge on any atom is 0.234 e. The molecule has 1 fully saturated rings. The van der Waals surface area contributed by atoms with E-state index in [1.165, 1.54) is 17.4 Å². The van der Waals surface area contributed by atoms with Gasteiger partial charge in [0.25, 0.3) is 0 Å². The van der Waals surface area contributed by atoms with E-state index in [2.05, 4.69) is 37.2 Å². The van der Waals surface area contributed by atoms with Gasteiger partial charge < -0.3 is 19.9 Å². The predicted octanol–water partition coefficient (Wildman–Crippen LogP) is 4.20. The molecule has 1 saturated heterocycles. The molecule has 9 heteroatoms. The van der Waals surface area contributed by atoms with Gasteiger partial charge >= 0.3 is 0 Å². The Morgan fingerprint density at radius 1 is 1.06 bits per heavy atom. The summed E-state index contributed by atoms with van der Waals surface area (Å²) in [7, 11) is 1.67. The van der Waals surface area contributed by atoms with Crippen LogP contribution >= 0.6 is 23.4 Å². The SMILES string of the molecule is COc1ccc(N2CCN(c3cc(SCC(=O)Nc4cccc(Cl)c4)ncn3)CC2)cc1. The number of rotatable bonds is 7. The highest BCUT2D eigenvalue weighted by molar-refractivity contribution is 7.99. The molecule has 1 aliphatic rings. The van der Waals surface area contributed by atoms with Crippen molar-refractivity contribution in [3.8, 4) is 5.75 Å². The van der Waals surface area contributed by atoms with Crippen LogP contribution in [0.3, 0.4) is 0 Å². The molecule has 0 aliphatic carbocycles. The summed E-state index contributed by atoms with van der Waals surface area (Å²) in [6, 6.07) is 17.2. The lowest BCUT2D eigenvalue weighted by Crippen LogP contribution is -2.46. The van der Waals surface area contributed by atoms with Crippen LogP contribution in [0.15, 0.2) is 66.0 Å². The van der Waals surface area contributed by atoms with Crippen LogP contribution in [0.2, 0.25) is 5.02 Å². The molecule has 2 heterocycles. The third-order valence-corrected chi connectivity index (χ3v) is 6.29. The van der Waals surface area contributed by atoms with E-state index in [-0.39, 0.29) is 11.7 Å². The van der Waals surface area contributed by atoms with Gasteiger partial charge in [-0.15, -0.1) is 0 Å². The lowest BCUT2D eigenvalue weighted by molar-refractivity contribution is -0.113. The molecule has 1 aromatic heterocycles. The first-order chi connectivity index (χ1) is 15.6. The van der Waals surface area contributed by atoms with Crippen molar-refractivity contribution in [3.63, 3.8) is 0 Å². The zero-order valence-corrected chi connectivity index (χ0v) is 19.3. The number of halogens is 1. The third kappa shape index (κ3) is 5.83. The van der Waals surface area contributed by atoms with Crippen molar-refractivity contribution in [1.29, 1.82) is 0 Å². The number of amides is 1. The van der Waals surface area contributed by atoms with Gasteiger partial charge in [-0.1, -0.05) is 29.4 Å². The topological polar surface area (TPSA) is 70.6 Å². The number of piperazine rings is 1. The van der Waals surface area contributed by atoms with E-state index in [1.807, 2.05) is 24.3 Å². The van der Waals surface area contributed by atoms with Gasteiger partial charge in [0.15, 0.2) is 0 Å². The van der Waals surface area contributed by atoms with Crippen LogP contribution in [0, 0.1) is 0 Å². The number of nitrogens with zero attached hydrogens (tertiary/aromatic N) is 4. The van der Waals surface area contributed by atoms with Gasteiger partial charge in [-0.25, -0.2) is 9.97 Å². The van der Waals surface area contributed by atoms with Crippen LogP contribution in [-0.4, -0.2) is 54.9 Å². The lowest BCUT2D eigenvalue weighted by atomic mass is 10.2. The Labute approximate surface area is 196 Å². The molecule has 4 rings (SSSR count). The zero-order chi connectivity index (χ0) is 22.3. The Balaban J connectivity index is 1.29. The summed E-state index contributed by atoms with van der Waals surface area (Å²) < 4.78 is 5.24. The number of methoxy groups -OCH3 is 1. The molecule has 0 bridgehead atoms. The van der Waals surface area contributed by atoms with Crippen molar-refractivity contribution < 1.29 is 9.53 Å². The van der Waals surface area contributed by atoms with Crippen molar-refractivity contribution in [1.82, 2.24) is 9.97 Å². The molecule has 1 N–H and O–H groups in total. The van der Waals surface area contributed by atoms with Crippen molar-refractivity contribution in [2.24, 2.45) is 0 Å². The summed E-state index contributed by atoms with van der Waals surface area (Å²) in [5.74, 6) is 1.89. The maximum atomic E-state index is 12.3. The van der Waals surface area contributed by atoms with Gasteiger partial charge in [0.2, 0.25) is 5.91 Å². The van der Waals surface area contributed by atoms with Crippen LogP contribution in [0.4, 0.5) is 17.2 Å². The number of hydrogen-bond acceptors (Lipinski definition) is 7. The average molecular weight is 470 g/mol. The fourth-order valence-electron chi connectivity index (χ4n) is 3.47. The smallest absolute Gasteiger partial charge is 0.234 e. The number of thioether (sulfide) groups is 1. The van der Waals surface area contributed by atoms with E-state index in [4.69, 9.17) is 16.3 Å². The molecule has 1 amide bonds. The van der Waals surface area contributed by atoms with Crippen molar-refractivity contribution in [3.05, 3.63) is 65.9 Å². The highest BCUT2D eigenvalue weighted by Gasteiger charge is 2.19. The number of aromatic nitrogens is 2. The number of hydrogen-bond donors (Lipinski definition) is 1. The standard InChI is InChI=1S/C23H24ClN5O2S/c1-31-20-7-5-19(6-8-20)28-9-11-29(12-10-28)21-14-23(26-16-25-21)32-15-22(30)27-18-4-2-3-17(24)13-18/h2-8,13-14,16H,9-12,15H2,1H3,(H,27,30). The van der Waals surface area contributed by atoms with E-state index in [1.54, 1.807) is 31.6 Å². The molecular formula is C23H24ClN5O2S. The van der Waals surface area contributed by atoms with Crippen molar-refractivity contribution >= 4 is 46.5 Å². The Kier molecular flexibility index (Phi) is 7.34. The van der Waals surface area contributed by atoms with E-state index in [0.29, 0.717) is 10.7 Å². The molecule has 2 aromatic carbocycles. The molecule has 0 unspecified atom stereocenters. The Hall–Kier alpha value is -2.97. The summed E-state index contributed by atoms with van der Waals surface area (Å²) in [4.78, 5) is 25.6. The average Bonchev–Trinajstić information content (AvgIpc) is 2.83. The van der Waals surface area contributed by atoms with Gasteiger partial charge in [-0.2, -0.15) is 0 Å². The van der Waals surface area contributed by atoms with Gasteiger partial charge in [0.1, 0.15) is 22.9 Å². The summed E-state index contributed by atoms with van der Waals surface area (Å²) >= 11 is 7.35. The second kappa shape index (κ2) is 10.6. The zero-order valence-electron chi connectivity index (χ0n) is 17.7. The molecular weight excluding hydrogens is 446 g/mol. The van der Waals surface area contributed by atoms with E-state index < -0.39 is 0 Å². The predicted molar refractivity (Wildman–Crippen MR) is 130 cm³/mol.